The highest BCUT2D eigenvalue weighted by molar-refractivity contribution is 7.99. The summed E-state index contributed by atoms with van der Waals surface area (Å²) < 4.78 is 1.89. The summed E-state index contributed by atoms with van der Waals surface area (Å²) in [6.45, 7) is 0. The van der Waals surface area contributed by atoms with E-state index < -0.39 is 0 Å². The van der Waals surface area contributed by atoms with Gasteiger partial charge in [0.15, 0.2) is 11.0 Å². The molecule has 1 fully saturated rings. The van der Waals surface area contributed by atoms with Gasteiger partial charge in [0, 0.05) is 24.0 Å². The van der Waals surface area contributed by atoms with Crippen LogP contribution in [-0.4, -0.2) is 37.5 Å². The highest BCUT2D eigenvalue weighted by Crippen LogP contribution is 2.31. The molecule has 1 amide bonds. The summed E-state index contributed by atoms with van der Waals surface area (Å²) in [5, 5.41) is 13.4. The normalized spacial score (nSPS) is 14.6. The molecule has 1 aliphatic rings. The minimum Gasteiger partial charge on any atom is -0.353 e. The van der Waals surface area contributed by atoms with Gasteiger partial charge < -0.3 is 5.32 Å². The van der Waals surface area contributed by atoms with Crippen LogP contribution in [0.3, 0.4) is 0 Å². The Kier molecular flexibility index (Phi) is 6.92. The molecule has 1 aromatic carbocycles. The van der Waals surface area contributed by atoms with E-state index in [2.05, 4.69) is 20.5 Å². The molecule has 156 valence electrons. The van der Waals surface area contributed by atoms with E-state index in [9.17, 15) is 4.79 Å². The van der Waals surface area contributed by atoms with Gasteiger partial charge in [0.05, 0.1) is 21.5 Å². The van der Waals surface area contributed by atoms with Gasteiger partial charge in [-0.1, -0.05) is 54.2 Å². The second-order valence-electron chi connectivity index (χ2n) is 7.17. The molecule has 0 atom stereocenters. The maximum absolute atomic E-state index is 12.5. The van der Waals surface area contributed by atoms with Crippen LogP contribution in [0.2, 0.25) is 10.0 Å². The van der Waals surface area contributed by atoms with Crippen molar-refractivity contribution in [1.29, 1.82) is 0 Å². The number of hydrogen-bond acceptors (Lipinski definition) is 5. The van der Waals surface area contributed by atoms with Crippen molar-refractivity contribution in [2.75, 3.05) is 5.75 Å². The molecule has 30 heavy (non-hydrogen) atoms. The molecule has 0 spiro atoms. The van der Waals surface area contributed by atoms with Crippen LogP contribution in [0.25, 0.3) is 17.1 Å². The van der Waals surface area contributed by atoms with Crippen molar-refractivity contribution < 1.29 is 4.79 Å². The molecule has 1 aliphatic carbocycles. The SMILES string of the molecule is O=C(CSc1nnc(-c2ccncc2)n1-c1ccc(Cl)c(Cl)c1)NC1CCCCC1. The van der Waals surface area contributed by atoms with Crippen molar-refractivity contribution in [2.24, 2.45) is 0 Å². The summed E-state index contributed by atoms with van der Waals surface area (Å²) in [6.07, 6.45) is 9.13. The average molecular weight is 462 g/mol. The van der Waals surface area contributed by atoms with E-state index in [1.54, 1.807) is 24.5 Å². The average Bonchev–Trinajstić information content (AvgIpc) is 3.19. The highest BCUT2D eigenvalue weighted by Gasteiger charge is 2.20. The molecule has 0 bridgehead atoms. The lowest BCUT2D eigenvalue weighted by atomic mass is 9.95. The Morgan fingerprint density at radius 1 is 1.07 bits per heavy atom. The molecular formula is C21H21Cl2N5OS. The van der Waals surface area contributed by atoms with E-state index >= 15 is 0 Å². The van der Waals surface area contributed by atoms with Crippen LogP contribution in [0, 0.1) is 0 Å². The third kappa shape index (κ3) is 4.96. The van der Waals surface area contributed by atoms with Gasteiger partial charge in [-0.05, 0) is 43.2 Å². The lowest BCUT2D eigenvalue weighted by Crippen LogP contribution is -2.37. The number of nitrogens with zero attached hydrogens (tertiary/aromatic N) is 4. The zero-order valence-electron chi connectivity index (χ0n) is 16.2. The van der Waals surface area contributed by atoms with Gasteiger partial charge in [-0.3, -0.25) is 14.3 Å². The molecular weight excluding hydrogens is 441 g/mol. The van der Waals surface area contributed by atoms with Crippen LogP contribution in [0.5, 0.6) is 0 Å². The Labute approximate surface area is 189 Å². The predicted octanol–water partition coefficient (Wildman–Crippen LogP) is 5.18. The first-order valence-electron chi connectivity index (χ1n) is 9.85. The van der Waals surface area contributed by atoms with E-state index in [-0.39, 0.29) is 17.7 Å². The highest BCUT2D eigenvalue weighted by atomic mass is 35.5. The van der Waals surface area contributed by atoms with Gasteiger partial charge in [0.2, 0.25) is 5.91 Å². The van der Waals surface area contributed by atoms with Gasteiger partial charge >= 0.3 is 0 Å². The third-order valence-electron chi connectivity index (χ3n) is 5.04. The smallest absolute Gasteiger partial charge is 0.230 e. The van der Waals surface area contributed by atoms with Gasteiger partial charge in [-0.2, -0.15) is 0 Å². The second kappa shape index (κ2) is 9.81. The minimum absolute atomic E-state index is 0.0149. The molecule has 4 rings (SSSR count). The van der Waals surface area contributed by atoms with Crippen molar-refractivity contribution in [3.8, 4) is 17.1 Å². The molecule has 0 aliphatic heterocycles. The second-order valence-corrected chi connectivity index (χ2v) is 8.92. The summed E-state index contributed by atoms with van der Waals surface area (Å²) in [5.41, 5.74) is 1.64. The largest absolute Gasteiger partial charge is 0.353 e. The van der Waals surface area contributed by atoms with Crippen LogP contribution in [0.4, 0.5) is 0 Å². The maximum atomic E-state index is 12.5. The summed E-state index contributed by atoms with van der Waals surface area (Å²) in [5.74, 6) is 0.929. The first-order chi connectivity index (χ1) is 14.6. The maximum Gasteiger partial charge on any atom is 0.230 e. The van der Waals surface area contributed by atoms with Crippen LogP contribution in [0.15, 0.2) is 47.9 Å². The molecule has 6 nitrogen and oxygen atoms in total. The number of amides is 1. The molecule has 3 aromatic rings. The molecule has 2 heterocycles. The molecule has 0 saturated heterocycles. The number of carbonyl (C=O) groups excluding carboxylic acids is 1. The Morgan fingerprint density at radius 2 is 1.83 bits per heavy atom. The molecule has 9 heteroatoms. The van der Waals surface area contributed by atoms with E-state index in [1.807, 2.05) is 22.8 Å². The van der Waals surface area contributed by atoms with Gasteiger partial charge in [-0.25, -0.2) is 0 Å². The number of nitrogens with one attached hydrogen (secondary N) is 1. The molecule has 0 unspecified atom stereocenters. The number of carbonyl (C=O) groups is 1. The third-order valence-corrected chi connectivity index (χ3v) is 6.70. The van der Waals surface area contributed by atoms with Crippen molar-refractivity contribution in [1.82, 2.24) is 25.1 Å². The zero-order valence-corrected chi connectivity index (χ0v) is 18.6. The summed E-state index contributed by atoms with van der Waals surface area (Å²) in [6, 6.07) is 9.37. The summed E-state index contributed by atoms with van der Waals surface area (Å²) in [7, 11) is 0. The van der Waals surface area contributed by atoms with Crippen LogP contribution in [-0.2, 0) is 4.79 Å². The fourth-order valence-corrected chi connectivity index (χ4v) is 4.61. The number of halogens is 2. The Morgan fingerprint density at radius 3 is 2.57 bits per heavy atom. The van der Waals surface area contributed by atoms with Crippen molar-refractivity contribution in [3.05, 3.63) is 52.8 Å². The number of benzene rings is 1. The van der Waals surface area contributed by atoms with Crippen LogP contribution < -0.4 is 5.32 Å². The first-order valence-corrected chi connectivity index (χ1v) is 11.6. The summed E-state index contributed by atoms with van der Waals surface area (Å²) >= 11 is 13.7. The van der Waals surface area contributed by atoms with Gasteiger partial charge in [0.25, 0.3) is 0 Å². The molecule has 1 saturated carbocycles. The quantitative estimate of drug-likeness (QED) is 0.512. The predicted molar refractivity (Wildman–Crippen MR) is 120 cm³/mol. The number of pyridine rings is 1. The summed E-state index contributed by atoms with van der Waals surface area (Å²) in [4.78, 5) is 16.5. The van der Waals surface area contributed by atoms with Gasteiger partial charge in [0.1, 0.15) is 0 Å². The van der Waals surface area contributed by atoms with E-state index in [0.717, 1.165) is 24.1 Å². The lowest BCUT2D eigenvalue weighted by molar-refractivity contribution is -0.119. The monoisotopic (exact) mass is 461 g/mol. The molecule has 0 radical (unpaired) electrons. The number of aromatic nitrogens is 4. The Hall–Kier alpha value is -2.09. The van der Waals surface area contributed by atoms with E-state index in [1.165, 1.54) is 31.0 Å². The van der Waals surface area contributed by atoms with Crippen LogP contribution in [0.1, 0.15) is 32.1 Å². The van der Waals surface area contributed by atoms with Crippen molar-refractivity contribution in [3.63, 3.8) is 0 Å². The standard InChI is InChI=1S/C21H21Cl2N5OS/c22-17-7-6-16(12-18(17)23)28-20(14-8-10-24-11-9-14)26-27-21(28)30-13-19(29)25-15-4-2-1-3-5-15/h6-12,15H,1-5,13H2,(H,25,29). The first kappa shape index (κ1) is 21.2. The fourth-order valence-electron chi connectivity index (χ4n) is 3.55. The Balaban J connectivity index is 1.58. The number of hydrogen-bond donors (Lipinski definition) is 1. The number of thioether (sulfide) groups is 1. The van der Waals surface area contributed by atoms with E-state index in [4.69, 9.17) is 23.2 Å². The zero-order chi connectivity index (χ0) is 20.9. The molecule has 2 aromatic heterocycles. The topological polar surface area (TPSA) is 72.7 Å². The Bertz CT molecular complexity index is 1020. The molecule has 1 N–H and O–H groups in total. The minimum atomic E-state index is 0.0149. The lowest BCUT2D eigenvalue weighted by Gasteiger charge is -2.22. The van der Waals surface area contributed by atoms with E-state index in [0.29, 0.717) is 21.0 Å². The van der Waals surface area contributed by atoms with Crippen LogP contribution >= 0.6 is 35.0 Å². The van der Waals surface area contributed by atoms with Crippen molar-refractivity contribution in [2.45, 2.75) is 43.3 Å². The fraction of sp³-hybridized carbons (Fsp3) is 0.333. The van der Waals surface area contributed by atoms with Crippen molar-refractivity contribution >= 4 is 40.9 Å². The number of rotatable bonds is 6. The van der Waals surface area contributed by atoms with Gasteiger partial charge in [-0.15, -0.1) is 10.2 Å².